The molecular weight excluding hydrogens is 323 g/mol. The number of carbonyl (C=O) groups excluding carboxylic acids is 1. The Labute approximate surface area is 140 Å². The first kappa shape index (κ1) is 20.3. The van der Waals surface area contributed by atoms with Crippen LogP contribution in [0.25, 0.3) is 0 Å². The predicted octanol–water partition coefficient (Wildman–Crippen LogP) is 3.60. The van der Waals surface area contributed by atoms with E-state index >= 15 is 0 Å². The van der Waals surface area contributed by atoms with Crippen molar-refractivity contribution in [3.05, 3.63) is 29.8 Å². The van der Waals surface area contributed by atoms with Crippen LogP contribution in [0.15, 0.2) is 24.3 Å². The summed E-state index contributed by atoms with van der Waals surface area (Å²) in [5.74, 6) is -0.243. The number of hydrogen-bond donors (Lipinski definition) is 2. The van der Waals surface area contributed by atoms with E-state index in [9.17, 15) is 23.1 Å². The molecule has 2 N–H and O–H groups in total. The number of amides is 1. The zero-order valence-corrected chi connectivity index (χ0v) is 14.3. The van der Waals surface area contributed by atoms with Gasteiger partial charge in [-0.1, -0.05) is 32.9 Å². The second-order valence-corrected chi connectivity index (χ2v) is 6.85. The standard InChI is InChI=1S/C17H24F3NO3/c1-11(21-15(23)9-14(22)16(2,3)4)12-6-5-7-13(8-12)24-10-17(18,19)20/h5-8,11,14,22H,9-10H2,1-4H3,(H,21,23)/t11-,14-/m0/s1. The number of aliphatic hydroxyl groups is 1. The Balaban J connectivity index is 2.64. The van der Waals surface area contributed by atoms with Gasteiger partial charge in [-0.15, -0.1) is 0 Å². The lowest BCUT2D eigenvalue weighted by atomic mass is 9.87. The van der Waals surface area contributed by atoms with Gasteiger partial charge in [-0.2, -0.15) is 13.2 Å². The SMILES string of the molecule is C[C@H](NC(=O)C[C@H](O)C(C)(C)C)c1cccc(OCC(F)(F)F)c1. The van der Waals surface area contributed by atoms with Crippen molar-refractivity contribution < 1.29 is 27.8 Å². The summed E-state index contributed by atoms with van der Waals surface area (Å²) in [6, 6.07) is 5.71. The van der Waals surface area contributed by atoms with Crippen LogP contribution in [-0.2, 0) is 4.79 Å². The minimum atomic E-state index is -4.40. The van der Waals surface area contributed by atoms with E-state index in [4.69, 9.17) is 4.74 Å². The highest BCUT2D eigenvalue weighted by Crippen LogP contribution is 2.24. The Bertz CT molecular complexity index is 553. The molecule has 24 heavy (non-hydrogen) atoms. The zero-order chi connectivity index (χ0) is 18.5. The topological polar surface area (TPSA) is 58.6 Å². The van der Waals surface area contributed by atoms with Crippen LogP contribution < -0.4 is 10.1 Å². The minimum absolute atomic E-state index is 0.0435. The predicted molar refractivity (Wildman–Crippen MR) is 84.6 cm³/mol. The smallest absolute Gasteiger partial charge is 0.422 e. The van der Waals surface area contributed by atoms with Gasteiger partial charge in [-0.05, 0) is 30.0 Å². The molecule has 0 aliphatic carbocycles. The second-order valence-electron chi connectivity index (χ2n) is 6.85. The van der Waals surface area contributed by atoms with Crippen LogP contribution in [0.3, 0.4) is 0 Å². The van der Waals surface area contributed by atoms with Gasteiger partial charge in [-0.25, -0.2) is 0 Å². The largest absolute Gasteiger partial charge is 0.484 e. The summed E-state index contributed by atoms with van der Waals surface area (Å²) in [5, 5.41) is 12.7. The van der Waals surface area contributed by atoms with E-state index in [0.717, 1.165) is 0 Å². The Morgan fingerprint density at radius 1 is 1.29 bits per heavy atom. The monoisotopic (exact) mass is 347 g/mol. The van der Waals surface area contributed by atoms with Gasteiger partial charge in [0.2, 0.25) is 5.91 Å². The first-order valence-electron chi connectivity index (χ1n) is 7.65. The molecule has 0 aliphatic rings. The van der Waals surface area contributed by atoms with Crippen molar-refractivity contribution in [3.8, 4) is 5.75 Å². The van der Waals surface area contributed by atoms with Crippen LogP contribution in [0.4, 0.5) is 13.2 Å². The highest BCUT2D eigenvalue weighted by Gasteiger charge is 2.28. The van der Waals surface area contributed by atoms with Crippen molar-refractivity contribution in [1.82, 2.24) is 5.32 Å². The van der Waals surface area contributed by atoms with E-state index in [-0.39, 0.29) is 18.1 Å². The third-order valence-electron chi connectivity index (χ3n) is 3.52. The van der Waals surface area contributed by atoms with Crippen LogP contribution in [0.5, 0.6) is 5.75 Å². The van der Waals surface area contributed by atoms with E-state index < -0.39 is 30.3 Å². The van der Waals surface area contributed by atoms with E-state index in [0.29, 0.717) is 5.56 Å². The Morgan fingerprint density at radius 3 is 2.46 bits per heavy atom. The molecule has 7 heteroatoms. The van der Waals surface area contributed by atoms with Gasteiger partial charge in [0.05, 0.1) is 18.6 Å². The molecule has 136 valence electrons. The lowest BCUT2D eigenvalue weighted by Crippen LogP contribution is -2.35. The molecule has 0 radical (unpaired) electrons. The number of alkyl halides is 3. The molecular formula is C17H24F3NO3. The maximum Gasteiger partial charge on any atom is 0.422 e. The normalized spacial score (nSPS) is 14.8. The lowest BCUT2D eigenvalue weighted by Gasteiger charge is -2.26. The van der Waals surface area contributed by atoms with Gasteiger partial charge in [0.1, 0.15) is 5.75 Å². The molecule has 2 atom stereocenters. The van der Waals surface area contributed by atoms with Crippen molar-refractivity contribution in [2.45, 2.75) is 52.4 Å². The Morgan fingerprint density at radius 2 is 1.92 bits per heavy atom. The average molecular weight is 347 g/mol. The van der Waals surface area contributed by atoms with Gasteiger partial charge in [0.25, 0.3) is 0 Å². The van der Waals surface area contributed by atoms with Crippen molar-refractivity contribution in [2.75, 3.05) is 6.61 Å². The van der Waals surface area contributed by atoms with E-state index in [1.54, 1.807) is 19.1 Å². The summed E-state index contributed by atoms with van der Waals surface area (Å²) in [7, 11) is 0. The number of benzene rings is 1. The fourth-order valence-electron chi connectivity index (χ4n) is 1.90. The van der Waals surface area contributed by atoms with Crippen molar-refractivity contribution in [1.29, 1.82) is 0 Å². The molecule has 0 aromatic heterocycles. The molecule has 1 amide bonds. The zero-order valence-electron chi connectivity index (χ0n) is 14.3. The molecule has 1 rings (SSSR count). The third kappa shape index (κ3) is 7.21. The molecule has 0 bridgehead atoms. The van der Waals surface area contributed by atoms with E-state index in [2.05, 4.69) is 5.32 Å². The van der Waals surface area contributed by atoms with E-state index in [1.807, 2.05) is 20.8 Å². The molecule has 0 saturated heterocycles. The van der Waals surface area contributed by atoms with Crippen LogP contribution in [0.2, 0.25) is 0 Å². The number of aliphatic hydroxyl groups excluding tert-OH is 1. The minimum Gasteiger partial charge on any atom is -0.484 e. The maximum absolute atomic E-state index is 12.2. The van der Waals surface area contributed by atoms with Crippen molar-refractivity contribution in [3.63, 3.8) is 0 Å². The molecule has 0 saturated carbocycles. The number of nitrogens with one attached hydrogen (secondary N) is 1. The average Bonchev–Trinajstić information content (AvgIpc) is 2.43. The number of ether oxygens (including phenoxy) is 1. The molecule has 4 nitrogen and oxygen atoms in total. The van der Waals surface area contributed by atoms with E-state index in [1.165, 1.54) is 12.1 Å². The lowest BCUT2D eigenvalue weighted by molar-refractivity contribution is -0.153. The Hall–Kier alpha value is -1.76. The molecule has 0 unspecified atom stereocenters. The molecule has 1 aromatic rings. The van der Waals surface area contributed by atoms with Gasteiger partial charge >= 0.3 is 6.18 Å². The van der Waals surface area contributed by atoms with Gasteiger partial charge in [0, 0.05) is 0 Å². The fraction of sp³-hybridized carbons (Fsp3) is 0.588. The molecule has 0 spiro atoms. The maximum atomic E-state index is 12.2. The van der Waals surface area contributed by atoms with Gasteiger partial charge < -0.3 is 15.2 Å². The van der Waals surface area contributed by atoms with Crippen molar-refractivity contribution in [2.24, 2.45) is 5.41 Å². The quantitative estimate of drug-likeness (QED) is 0.827. The molecule has 0 aliphatic heterocycles. The number of rotatable bonds is 6. The van der Waals surface area contributed by atoms with Crippen LogP contribution >= 0.6 is 0 Å². The second kappa shape index (κ2) is 7.88. The first-order chi connectivity index (χ1) is 10.9. The summed E-state index contributed by atoms with van der Waals surface area (Å²) < 4.78 is 41.3. The van der Waals surface area contributed by atoms with Crippen LogP contribution in [0, 0.1) is 5.41 Å². The molecule has 0 heterocycles. The van der Waals surface area contributed by atoms with Gasteiger partial charge in [-0.3, -0.25) is 4.79 Å². The first-order valence-corrected chi connectivity index (χ1v) is 7.65. The van der Waals surface area contributed by atoms with Crippen molar-refractivity contribution >= 4 is 5.91 Å². The summed E-state index contributed by atoms with van der Waals surface area (Å²) in [6.45, 7) is 5.83. The highest BCUT2D eigenvalue weighted by molar-refractivity contribution is 5.77. The molecule has 0 fully saturated rings. The summed E-state index contributed by atoms with van der Waals surface area (Å²) in [5.41, 5.74) is 0.208. The third-order valence-corrected chi connectivity index (χ3v) is 3.52. The van der Waals surface area contributed by atoms with Gasteiger partial charge in [0.15, 0.2) is 6.61 Å². The fourth-order valence-corrected chi connectivity index (χ4v) is 1.90. The van der Waals surface area contributed by atoms with Crippen LogP contribution in [0.1, 0.15) is 45.7 Å². The molecule has 1 aromatic carbocycles. The summed E-state index contributed by atoms with van der Waals surface area (Å²) in [4.78, 5) is 12.0. The summed E-state index contributed by atoms with van der Waals surface area (Å²) in [6.07, 6.45) is -5.23. The number of hydrogen-bond acceptors (Lipinski definition) is 3. The summed E-state index contributed by atoms with van der Waals surface area (Å²) >= 11 is 0. The number of halogens is 3. The Kier molecular flexibility index (Phi) is 6.66. The number of carbonyl (C=O) groups is 1. The van der Waals surface area contributed by atoms with Crippen LogP contribution in [-0.4, -0.2) is 29.9 Å². The highest BCUT2D eigenvalue weighted by atomic mass is 19.4.